The minimum atomic E-state index is -0.208. The van der Waals surface area contributed by atoms with Crippen molar-refractivity contribution in [3.8, 4) is 0 Å². The van der Waals surface area contributed by atoms with Gasteiger partial charge in [0.1, 0.15) is 5.82 Å². The molecule has 0 fully saturated rings. The van der Waals surface area contributed by atoms with Crippen LogP contribution in [0.3, 0.4) is 0 Å². The van der Waals surface area contributed by atoms with E-state index in [-0.39, 0.29) is 5.82 Å². The lowest BCUT2D eigenvalue weighted by molar-refractivity contribution is 0.626. The maximum atomic E-state index is 12.8. The van der Waals surface area contributed by atoms with Gasteiger partial charge in [0.15, 0.2) is 5.96 Å². The van der Waals surface area contributed by atoms with Gasteiger partial charge in [-0.15, -0.1) is 0 Å². The van der Waals surface area contributed by atoms with Crippen molar-refractivity contribution in [1.82, 2.24) is 15.6 Å². The summed E-state index contributed by atoms with van der Waals surface area (Å²) in [6.07, 6.45) is 0.809. The lowest BCUT2D eigenvalue weighted by atomic mass is 10.1. The van der Waals surface area contributed by atoms with Crippen molar-refractivity contribution in [1.29, 1.82) is 0 Å². The van der Waals surface area contributed by atoms with Crippen molar-refractivity contribution in [3.63, 3.8) is 0 Å². The zero-order valence-electron chi connectivity index (χ0n) is 12.9. The molecule has 0 atom stereocenters. The van der Waals surface area contributed by atoms with E-state index >= 15 is 0 Å². The number of benzene rings is 1. The van der Waals surface area contributed by atoms with Crippen LogP contribution in [0, 0.1) is 12.7 Å². The number of aryl methyl sites for hydroxylation is 1. The summed E-state index contributed by atoms with van der Waals surface area (Å²) in [5.74, 6) is 0.519. The number of pyridine rings is 1. The molecule has 1 aromatic heterocycles. The van der Waals surface area contributed by atoms with Gasteiger partial charge >= 0.3 is 0 Å². The largest absolute Gasteiger partial charge is 0.356 e. The number of aromatic nitrogens is 1. The third-order valence-electron chi connectivity index (χ3n) is 3.23. The third-order valence-corrected chi connectivity index (χ3v) is 3.23. The number of hydrogen-bond acceptors (Lipinski definition) is 2. The van der Waals surface area contributed by atoms with Crippen molar-refractivity contribution in [2.24, 2.45) is 4.99 Å². The van der Waals surface area contributed by atoms with E-state index in [1.807, 2.05) is 25.1 Å². The summed E-state index contributed by atoms with van der Waals surface area (Å²) < 4.78 is 12.8. The first-order valence-electron chi connectivity index (χ1n) is 7.29. The highest BCUT2D eigenvalue weighted by atomic mass is 19.1. The second-order valence-electron chi connectivity index (χ2n) is 5.00. The number of nitrogens with one attached hydrogen (secondary N) is 2. The predicted molar refractivity (Wildman–Crippen MR) is 87.3 cm³/mol. The van der Waals surface area contributed by atoms with E-state index in [0.717, 1.165) is 35.9 Å². The number of hydrogen-bond donors (Lipinski definition) is 2. The van der Waals surface area contributed by atoms with Crippen molar-refractivity contribution < 1.29 is 4.39 Å². The van der Waals surface area contributed by atoms with Crippen LogP contribution in [-0.2, 0) is 13.0 Å². The van der Waals surface area contributed by atoms with Crippen LogP contribution in [0.2, 0.25) is 0 Å². The van der Waals surface area contributed by atoms with E-state index < -0.39 is 0 Å². The van der Waals surface area contributed by atoms with Crippen LogP contribution >= 0.6 is 0 Å². The summed E-state index contributed by atoms with van der Waals surface area (Å²) in [6, 6.07) is 12.5. The summed E-state index contributed by atoms with van der Waals surface area (Å²) in [6.45, 7) is 3.32. The summed E-state index contributed by atoms with van der Waals surface area (Å²) in [5, 5.41) is 6.46. The molecule has 0 saturated heterocycles. The van der Waals surface area contributed by atoms with Gasteiger partial charge in [-0.05, 0) is 43.2 Å². The van der Waals surface area contributed by atoms with Crippen LogP contribution in [0.15, 0.2) is 47.5 Å². The van der Waals surface area contributed by atoms with Crippen LogP contribution in [-0.4, -0.2) is 24.5 Å². The molecule has 0 aliphatic carbocycles. The fourth-order valence-electron chi connectivity index (χ4n) is 2.07. The lowest BCUT2D eigenvalue weighted by Gasteiger charge is -2.12. The molecule has 0 unspecified atom stereocenters. The van der Waals surface area contributed by atoms with Crippen LogP contribution < -0.4 is 10.6 Å². The second kappa shape index (κ2) is 8.12. The van der Waals surface area contributed by atoms with Gasteiger partial charge in [-0.25, -0.2) is 4.39 Å². The SMILES string of the molecule is CN=C(NCCc1ccc(F)cc1)NCc1cccc(C)n1. The molecule has 0 amide bonds. The molecule has 4 nitrogen and oxygen atoms in total. The maximum Gasteiger partial charge on any atom is 0.191 e. The van der Waals surface area contributed by atoms with Gasteiger partial charge in [-0.2, -0.15) is 0 Å². The Balaban J connectivity index is 1.76. The van der Waals surface area contributed by atoms with Gasteiger partial charge in [0.25, 0.3) is 0 Å². The Morgan fingerprint density at radius 3 is 2.59 bits per heavy atom. The van der Waals surface area contributed by atoms with E-state index in [1.165, 1.54) is 12.1 Å². The molecule has 1 aromatic carbocycles. The fraction of sp³-hybridized carbons (Fsp3) is 0.294. The number of rotatable bonds is 5. The standard InChI is InChI=1S/C17H21FN4/c1-13-4-3-5-16(22-13)12-21-17(19-2)20-11-10-14-6-8-15(18)9-7-14/h3-9H,10-12H2,1-2H3,(H2,19,20,21). The Labute approximate surface area is 130 Å². The highest BCUT2D eigenvalue weighted by Gasteiger charge is 2.00. The summed E-state index contributed by atoms with van der Waals surface area (Å²) in [4.78, 5) is 8.61. The highest BCUT2D eigenvalue weighted by Crippen LogP contribution is 2.02. The Morgan fingerprint density at radius 2 is 1.91 bits per heavy atom. The normalized spacial score (nSPS) is 11.3. The van der Waals surface area contributed by atoms with Crippen molar-refractivity contribution in [2.75, 3.05) is 13.6 Å². The maximum absolute atomic E-state index is 12.8. The molecule has 2 rings (SSSR count). The Morgan fingerprint density at radius 1 is 1.14 bits per heavy atom. The van der Waals surface area contributed by atoms with E-state index in [0.29, 0.717) is 6.54 Å². The summed E-state index contributed by atoms with van der Waals surface area (Å²) in [7, 11) is 1.73. The van der Waals surface area contributed by atoms with Crippen LogP contribution in [0.25, 0.3) is 0 Å². The van der Waals surface area contributed by atoms with Gasteiger partial charge in [0.2, 0.25) is 0 Å². The number of nitrogens with zero attached hydrogens (tertiary/aromatic N) is 2. The molecule has 0 radical (unpaired) electrons. The number of aliphatic imine (C=N–C) groups is 1. The van der Waals surface area contributed by atoms with E-state index in [2.05, 4.69) is 20.6 Å². The molecule has 2 aromatic rings. The zero-order chi connectivity index (χ0) is 15.8. The molecule has 22 heavy (non-hydrogen) atoms. The highest BCUT2D eigenvalue weighted by molar-refractivity contribution is 5.79. The third kappa shape index (κ3) is 5.16. The molecule has 0 bridgehead atoms. The van der Waals surface area contributed by atoms with Crippen LogP contribution in [0.1, 0.15) is 17.0 Å². The van der Waals surface area contributed by atoms with Gasteiger partial charge in [0, 0.05) is 19.3 Å². The number of guanidine groups is 1. The van der Waals surface area contributed by atoms with Gasteiger partial charge in [0.05, 0.1) is 12.2 Å². The fourth-order valence-corrected chi connectivity index (χ4v) is 2.07. The monoisotopic (exact) mass is 300 g/mol. The first-order valence-corrected chi connectivity index (χ1v) is 7.29. The molecular weight excluding hydrogens is 279 g/mol. The Kier molecular flexibility index (Phi) is 5.89. The van der Waals surface area contributed by atoms with Gasteiger partial charge < -0.3 is 10.6 Å². The lowest BCUT2D eigenvalue weighted by Crippen LogP contribution is -2.38. The first-order chi connectivity index (χ1) is 10.7. The molecule has 0 aliphatic heterocycles. The number of halogens is 1. The van der Waals surface area contributed by atoms with Crippen molar-refractivity contribution in [2.45, 2.75) is 19.9 Å². The van der Waals surface area contributed by atoms with Crippen LogP contribution in [0.5, 0.6) is 0 Å². The van der Waals surface area contributed by atoms with Crippen molar-refractivity contribution >= 4 is 5.96 Å². The average Bonchev–Trinajstić information content (AvgIpc) is 2.52. The summed E-state index contributed by atoms with van der Waals surface area (Å²) >= 11 is 0. The van der Waals surface area contributed by atoms with Gasteiger partial charge in [-0.1, -0.05) is 18.2 Å². The molecule has 0 spiro atoms. The Bertz CT molecular complexity index is 623. The topological polar surface area (TPSA) is 49.3 Å². The average molecular weight is 300 g/mol. The molecule has 116 valence electrons. The molecular formula is C17H21FN4. The van der Waals surface area contributed by atoms with E-state index in [1.54, 1.807) is 19.2 Å². The van der Waals surface area contributed by atoms with Crippen molar-refractivity contribution in [3.05, 3.63) is 65.2 Å². The van der Waals surface area contributed by atoms with E-state index in [9.17, 15) is 4.39 Å². The minimum absolute atomic E-state index is 0.208. The Hall–Kier alpha value is -2.43. The quantitative estimate of drug-likeness (QED) is 0.658. The first kappa shape index (κ1) is 15.9. The smallest absolute Gasteiger partial charge is 0.191 e. The van der Waals surface area contributed by atoms with Gasteiger partial charge in [-0.3, -0.25) is 9.98 Å². The minimum Gasteiger partial charge on any atom is -0.356 e. The van der Waals surface area contributed by atoms with E-state index in [4.69, 9.17) is 0 Å². The molecule has 5 heteroatoms. The molecule has 0 aliphatic rings. The molecule has 1 heterocycles. The second-order valence-corrected chi connectivity index (χ2v) is 5.00. The molecule has 2 N–H and O–H groups in total. The molecule has 0 saturated carbocycles. The van der Waals surface area contributed by atoms with Crippen LogP contribution in [0.4, 0.5) is 4.39 Å². The summed E-state index contributed by atoms with van der Waals surface area (Å²) in [5.41, 5.74) is 3.06. The predicted octanol–water partition coefficient (Wildman–Crippen LogP) is 2.44. The zero-order valence-corrected chi connectivity index (χ0v) is 12.9.